The molecular weight excluding hydrogens is 354 g/mol. The predicted octanol–water partition coefficient (Wildman–Crippen LogP) is 3.01. The molecule has 1 N–H and O–H groups in total. The lowest BCUT2D eigenvalue weighted by Crippen LogP contribution is -2.32. The maximum Gasteiger partial charge on any atom is 0.232 e. The van der Waals surface area contributed by atoms with E-state index in [2.05, 4.69) is 29.5 Å². The summed E-state index contributed by atoms with van der Waals surface area (Å²) in [5.74, 6) is 0.946. The summed E-state index contributed by atoms with van der Waals surface area (Å²) in [4.78, 5) is 0. The fourth-order valence-electron chi connectivity index (χ4n) is 2.53. The van der Waals surface area contributed by atoms with Gasteiger partial charge in [0, 0.05) is 39.8 Å². The van der Waals surface area contributed by atoms with Crippen molar-refractivity contribution in [3.63, 3.8) is 0 Å². The summed E-state index contributed by atoms with van der Waals surface area (Å²) < 4.78 is 33.3. The number of rotatable bonds is 7. The number of hydrogen-bond donors (Lipinski definition) is 1. The molecule has 1 aliphatic heterocycles. The second kappa shape index (κ2) is 6.99. The highest BCUT2D eigenvalue weighted by atomic mass is 32.2. The van der Waals surface area contributed by atoms with Crippen LogP contribution in [0.3, 0.4) is 0 Å². The molecule has 1 aliphatic rings. The van der Waals surface area contributed by atoms with Crippen LogP contribution < -0.4 is 9.46 Å². The minimum atomic E-state index is -3.32. The molecule has 0 saturated heterocycles. The number of ether oxygens (including phenoxy) is 1. The Balaban J connectivity index is 2.09. The first-order valence-corrected chi connectivity index (χ1v) is 13.8. The van der Waals surface area contributed by atoms with Gasteiger partial charge in [0.2, 0.25) is 10.0 Å². The van der Waals surface area contributed by atoms with Crippen molar-refractivity contribution >= 4 is 30.0 Å². The number of hydrazone groups is 1. The van der Waals surface area contributed by atoms with Gasteiger partial charge in [0.05, 0.1) is 12.0 Å². The van der Waals surface area contributed by atoms with Crippen LogP contribution in [0.15, 0.2) is 23.3 Å². The third-order valence-electron chi connectivity index (χ3n) is 3.90. The molecule has 1 aromatic rings. The summed E-state index contributed by atoms with van der Waals surface area (Å²) in [6.07, 6.45) is 2.44. The monoisotopic (exact) mass is 383 g/mol. The van der Waals surface area contributed by atoms with Crippen LogP contribution in [0.5, 0.6) is 5.75 Å². The molecule has 0 aromatic heterocycles. The van der Waals surface area contributed by atoms with E-state index in [1.54, 1.807) is 17.3 Å². The van der Waals surface area contributed by atoms with Crippen molar-refractivity contribution in [3.8, 4) is 5.75 Å². The molecule has 1 atom stereocenters. The Morgan fingerprint density at radius 2 is 2.04 bits per heavy atom. The summed E-state index contributed by atoms with van der Waals surface area (Å²) >= 11 is 0. The number of sulfonamides is 1. The standard InChI is InChI=1S/C17H29N3O3SSi/c1-17(13-18-20(2)3)12-14-11-15(7-8-16(14)23-17)19-24(21,22)9-10-25(4,5)6/h7-8,11,13,19H,9-10,12H2,1-6H3/b18-13+. The molecule has 6 nitrogen and oxygen atoms in total. The summed E-state index contributed by atoms with van der Waals surface area (Å²) in [5, 5.41) is 5.98. The Kier molecular flexibility index (Phi) is 5.53. The van der Waals surface area contributed by atoms with Crippen molar-refractivity contribution in [2.24, 2.45) is 5.10 Å². The van der Waals surface area contributed by atoms with Gasteiger partial charge >= 0.3 is 0 Å². The van der Waals surface area contributed by atoms with Gasteiger partial charge in [-0.05, 0) is 31.2 Å². The van der Waals surface area contributed by atoms with Gasteiger partial charge in [-0.3, -0.25) is 4.72 Å². The minimum Gasteiger partial charge on any atom is -0.481 e. The fourth-order valence-corrected chi connectivity index (χ4v) is 6.64. The SMILES string of the molecule is CN(C)/N=C/C1(C)Cc2cc(NS(=O)(=O)CC[Si](C)(C)C)ccc2O1. The first kappa shape index (κ1) is 19.8. The second-order valence-corrected chi connectivity index (χ2v) is 15.7. The molecule has 25 heavy (non-hydrogen) atoms. The van der Waals surface area contributed by atoms with Gasteiger partial charge in [-0.25, -0.2) is 8.42 Å². The molecule has 8 heteroatoms. The number of hydrogen-bond acceptors (Lipinski definition) is 5. The molecule has 1 unspecified atom stereocenters. The quantitative estimate of drug-likeness (QED) is 0.446. The van der Waals surface area contributed by atoms with E-state index in [-0.39, 0.29) is 5.75 Å². The predicted molar refractivity (Wildman–Crippen MR) is 107 cm³/mol. The first-order valence-electron chi connectivity index (χ1n) is 8.42. The number of nitrogens with zero attached hydrogens (tertiary/aromatic N) is 2. The smallest absolute Gasteiger partial charge is 0.232 e. The molecule has 1 aromatic carbocycles. The van der Waals surface area contributed by atoms with E-state index in [4.69, 9.17) is 4.74 Å². The van der Waals surface area contributed by atoms with Gasteiger partial charge < -0.3 is 9.75 Å². The summed E-state index contributed by atoms with van der Waals surface area (Å²) in [7, 11) is -1.01. The largest absolute Gasteiger partial charge is 0.481 e. The van der Waals surface area contributed by atoms with E-state index in [1.165, 1.54) is 0 Å². The van der Waals surface area contributed by atoms with E-state index in [0.29, 0.717) is 12.1 Å². The maximum absolute atomic E-state index is 12.3. The molecule has 2 rings (SSSR count). The van der Waals surface area contributed by atoms with Crippen molar-refractivity contribution in [2.75, 3.05) is 24.6 Å². The van der Waals surface area contributed by atoms with Gasteiger partial charge in [-0.1, -0.05) is 19.6 Å². The van der Waals surface area contributed by atoms with Crippen LogP contribution >= 0.6 is 0 Å². The summed E-state index contributed by atoms with van der Waals surface area (Å²) in [5.41, 5.74) is 1.06. The number of anilines is 1. The van der Waals surface area contributed by atoms with Crippen molar-refractivity contribution in [3.05, 3.63) is 23.8 Å². The number of benzene rings is 1. The lowest BCUT2D eigenvalue weighted by Gasteiger charge is -2.19. The summed E-state index contributed by atoms with van der Waals surface area (Å²) in [6, 6.07) is 6.17. The van der Waals surface area contributed by atoms with Gasteiger partial charge in [0.25, 0.3) is 0 Å². The van der Waals surface area contributed by atoms with Gasteiger partial charge in [-0.15, -0.1) is 0 Å². The molecule has 0 saturated carbocycles. The zero-order valence-electron chi connectivity index (χ0n) is 16.0. The Morgan fingerprint density at radius 1 is 1.36 bits per heavy atom. The Labute approximate surface area is 152 Å². The molecule has 0 radical (unpaired) electrons. The van der Waals surface area contributed by atoms with E-state index in [9.17, 15) is 8.42 Å². The first-order chi connectivity index (χ1) is 11.4. The Bertz CT molecular complexity index is 757. The lowest BCUT2D eigenvalue weighted by molar-refractivity contribution is 0.195. The van der Waals surface area contributed by atoms with Crippen LogP contribution in [-0.4, -0.2) is 53.2 Å². The van der Waals surface area contributed by atoms with Crippen LogP contribution in [0.25, 0.3) is 0 Å². The molecule has 0 amide bonds. The van der Waals surface area contributed by atoms with E-state index >= 15 is 0 Å². The maximum atomic E-state index is 12.3. The highest BCUT2D eigenvalue weighted by Crippen LogP contribution is 2.36. The molecule has 0 bridgehead atoms. The topological polar surface area (TPSA) is 71.0 Å². The lowest BCUT2D eigenvalue weighted by atomic mass is 10.0. The zero-order chi connectivity index (χ0) is 18.9. The van der Waals surface area contributed by atoms with Crippen LogP contribution in [0.1, 0.15) is 12.5 Å². The van der Waals surface area contributed by atoms with Gasteiger partial charge in [-0.2, -0.15) is 5.10 Å². The Hall–Kier alpha value is -1.54. The second-order valence-electron chi connectivity index (χ2n) is 8.24. The summed E-state index contributed by atoms with van der Waals surface area (Å²) in [6.45, 7) is 8.49. The average Bonchev–Trinajstić information content (AvgIpc) is 2.78. The van der Waals surface area contributed by atoms with Crippen LogP contribution in [0.4, 0.5) is 5.69 Å². The molecule has 0 fully saturated rings. The van der Waals surface area contributed by atoms with E-state index in [0.717, 1.165) is 17.4 Å². The molecule has 0 aliphatic carbocycles. The average molecular weight is 384 g/mol. The van der Waals surface area contributed by atoms with E-state index < -0.39 is 23.7 Å². The highest BCUT2D eigenvalue weighted by Gasteiger charge is 2.34. The van der Waals surface area contributed by atoms with Crippen molar-refractivity contribution in [1.82, 2.24) is 5.01 Å². The van der Waals surface area contributed by atoms with Crippen molar-refractivity contribution in [2.45, 2.75) is 44.6 Å². The number of fused-ring (bicyclic) bond motifs is 1. The highest BCUT2D eigenvalue weighted by molar-refractivity contribution is 7.92. The number of nitrogens with one attached hydrogen (secondary N) is 1. The minimum absolute atomic E-state index is 0.170. The Morgan fingerprint density at radius 3 is 2.64 bits per heavy atom. The van der Waals surface area contributed by atoms with Crippen LogP contribution in [0, 0.1) is 0 Å². The van der Waals surface area contributed by atoms with Crippen LogP contribution in [0.2, 0.25) is 25.7 Å². The van der Waals surface area contributed by atoms with Crippen molar-refractivity contribution < 1.29 is 13.2 Å². The third kappa shape index (κ3) is 6.04. The van der Waals surface area contributed by atoms with Crippen molar-refractivity contribution in [1.29, 1.82) is 0 Å². The molecule has 140 valence electrons. The molecular formula is C17H29N3O3SSi. The zero-order valence-corrected chi connectivity index (χ0v) is 17.8. The van der Waals surface area contributed by atoms with Gasteiger partial charge in [0.1, 0.15) is 11.4 Å². The van der Waals surface area contributed by atoms with Crippen LogP contribution in [-0.2, 0) is 16.4 Å². The normalized spacial score (nSPS) is 20.4. The van der Waals surface area contributed by atoms with E-state index in [1.807, 2.05) is 33.2 Å². The molecule has 1 heterocycles. The fraction of sp³-hybridized carbons (Fsp3) is 0.588. The van der Waals surface area contributed by atoms with Gasteiger partial charge in [0.15, 0.2) is 0 Å². The third-order valence-corrected chi connectivity index (χ3v) is 7.30. The molecule has 0 spiro atoms.